The van der Waals surface area contributed by atoms with Crippen molar-refractivity contribution in [1.29, 1.82) is 0 Å². The summed E-state index contributed by atoms with van der Waals surface area (Å²) in [5.41, 5.74) is 1.40. The van der Waals surface area contributed by atoms with Crippen molar-refractivity contribution in [1.82, 2.24) is 9.88 Å². The molecule has 0 aliphatic heterocycles. The molecule has 14 heavy (non-hydrogen) atoms. The second kappa shape index (κ2) is 4.18. The first-order chi connectivity index (χ1) is 6.79. The van der Waals surface area contributed by atoms with Gasteiger partial charge in [0.2, 0.25) is 0 Å². The van der Waals surface area contributed by atoms with Gasteiger partial charge in [0.05, 0.1) is 0 Å². The van der Waals surface area contributed by atoms with Crippen LogP contribution in [0.5, 0.6) is 0 Å². The maximum atomic E-state index is 3.52. The highest BCUT2D eigenvalue weighted by molar-refractivity contribution is 5.09. The Morgan fingerprint density at radius 3 is 2.93 bits per heavy atom. The van der Waals surface area contributed by atoms with E-state index >= 15 is 0 Å². The van der Waals surface area contributed by atoms with E-state index in [4.69, 9.17) is 0 Å². The topological polar surface area (TPSA) is 17.0 Å². The first kappa shape index (κ1) is 9.78. The van der Waals surface area contributed by atoms with Gasteiger partial charge < -0.3 is 9.88 Å². The Morgan fingerprint density at radius 1 is 1.57 bits per heavy atom. The van der Waals surface area contributed by atoms with Crippen LogP contribution in [0.15, 0.2) is 18.5 Å². The molecule has 2 unspecified atom stereocenters. The lowest BCUT2D eigenvalue weighted by Crippen LogP contribution is -2.16. The molecule has 0 spiro atoms. The molecule has 2 nitrogen and oxygen atoms in total. The number of nitrogens with one attached hydrogen (secondary N) is 1. The molecule has 0 aromatic carbocycles. The monoisotopic (exact) mass is 192 g/mol. The fraction of sp³-hybridized carbons (Fsp3) is 0.667. The van der Waals surface area contributed by atoms with Crippen molar-refractivity contribution >= 4 is 0 Å². The van der Waals surface area contributed by atoms with Gasteiger partial charge in [0, 0.05) is 25.5 Å². The van der Waals surface area contributed by atoms with E-state index in [-0.39, 0.29) is 0 Å². The van der Waals surface area contributed by atoms with Crippen molar-refractivity contribution < 1.29 is 0 Å². The first-order valence-electron chi connectivity index (χ1n) is 5.65. The third-order valence-corrected chi connectivity index (χ3v) is 3.19. The SMILES string of the molecule is CCn1ccc(CNCC2CC2C)c1. The van der Waals surface area contributed by atoms with E-state index in [0.717, 1.165) is 24.9 Å². The lowest BCUT2D eigenvalue weighted by molar-refractivity contribution is 0.611. The number of aryl methyl sites for hydroxylation is 1. The lowest BCUT2D eigenvalue weighted by atomic mass is 10.3. The highest BCUT2D eigenvalue weighted by Gasteiger charge is 2.31. The molecule has 78 valence electrons. The molecule has 1 aromatic heterocycles. The van der Waals surface area contributed by atoms with Gasteiger partial charge >= 0.3 is 0 Å². The lowest BCUT2D eigenvalue weighted by Gasteiger charge is -2.01. The Balaban J connectivity index is 1.69. The Labute approximate surface area is 86.3 Å². The van der Waals surface area contributed by atoms with Crippen LogP contribution in [-0.4, -0.2) is 11.1 Å². The Bertz CT molecular complexity index is 290. The van der Waals surface area contributed by atoms with Crippen LogP contribution in [-0.2, 0) is 13.1 Å². The molecule has 1 aromatic rings. The summed E-state index contributed by atoms with van der Waals surface area (Å²) in [5.74, 6) is 1.91. The van der Waals surface area contributed by atoms with E-state index < -0.39 is 0 Å². The van der Waals surface area contributed by atoms with E-state index in [1.807, 2.05) is 0 Å². The Kier molecular flexibility index (Phi) is 2.92. The van der Waals surface area contributed by atoms with Crippen LogP contribution < -0.4 is 5.32 Å². The van der Waals surface area contributed by atoms with Crippen LogP contribution in [0.25, 0.3) is 0 Å². The summed E-state index contributed by atoms with van der Waals surface area (Å²) < 4.78 is 2.22. The van der Waals surface area contributed by atoms with Crippen LogP contribution in [0, 0.1) is 11.8 Å². The van der Waals surface area contributed by atoms with Gasteiger partial charge in [-0.1, -0.05) is 6.92 Å². The first-order valence-corrected chi connectivity index (χ1v) is 5.65. The minimum atomic E-state index is 0.947. The number of rotatable bonds is 5. The minimum absolute atomic E-state index is 0.947. The van der Waals surface area contributed by atoms with E-state index in [0.29, 0.717) is 0 Å². The normalized spacial score (nSPS) is 25.3. The summed E-state index contributed by atoms with van der Waals surface area (Å²) in [6, 6.07) is 2.20. The zero-order valence-electron chi connectivity index (χ0n) is 9.16. The van der Waals surface area contributed by atoms with Gasteiger partial charge in [-0.25, -0.2) is 0 Å². The van der Waals surface area contributed by atoms with Crippen molar-refractivity contribution in [3.8, 4) is 0 Å². The summed E-state index contributed by atoms with van der Waals surface area (Å²) >= 11 is 0. The van der Waals surface area contributed by atoms with Crippen molar-refractivity contribution in [2.75, 3.05) is 6.54 Å². The molecule has 0 radical (unpaired) electrons. The molecule has 1 aliphatic rings. The van der Waals surface area contributed by atoms with Gasteiger partial charge in [-0.05, 0) is 43.4 Å². The summed E-state index contributed by atoms with van der Waals surface area (Å²) in [4.78, 5) is 0. The number of aromatic nitrogens is 1. The van der Waals surface area contributed by atoms with Gasteiger partial charge in [-0.15, -0.1) is 0 Å². The molecular weight excluding hydrogens is 172 g/mol. The van der Waals surface area contributed by atoms with Gasteiger partial charge in [-0.2, -0.15) is 0 Å². The molecule has 1 heterocycles. The summed E-state index contributed by atoms with van der Waals surface area (Å²) in [6.07, 6.45) is 5.79. The zero-order chi connectivity index (χ0) is 9.97. The molecule has 1 aliphatic carbocycles. The third kappa shape index (κ3) is 2.38. The number of hydrogen-bond acceptors (Lipinski definition) is 1. The van der Waals surface area contributed by atoms with Crippen molar-refractivity contribution in [3.63, 3.8) is 0 Å². The molecule has 2 atom stereocenters. The fourth-order valence-corrected chi connectivity index (χ4v) is 1.88. The summed E-state index contributed by atoms with van der Waals surface area (Å²) in [7, 11) is 0. The molecule has 0 saturated heterocycles. The van der Waals surface area contributed by atoms with Crippen molar-refractivity contribution in [3.05, 3.63) is 24.0 Å². The van der Waals surface area contributed by atoms with E-state index in [1.54, 1.807) is 0 Å². The minimum Gasteiger partial charge on any atom is -0.354 e. The fourth-order valence-electron chi connectivity index (χ4n) is 1.88. The van der Waals surface area contributed by atoms with E-state index in [1.165, 1.54) is 18.5 Å². The summed E-state index contributed by atoms with van der Waals surface area (Å²) in [5, 5.41) is 3.52. The Hall–Kier alpha value is -0.760. The van der Waals surface area contributed by atoms with Gasteiger partial charge in [-0.3, -0.25) is 0 Å². The van der Waals surface area contributed by atoms with Crippen LogP contribution in [0.2, 0.25) is 0 Å². The van der Waals surface area contributed by atoms with Crippen LogP contribution in [0.4, 0.5) is 0 Å². The Morgan fingerprint density at radius 2 is 2.36 bits per heavy atom. The third-order valence-electron chi connectivity index (χ3n) is 3.19. The smallest absolute Gasteiger partial charge is 0.0220 e. The second-order valence-electron chi connectivity index (χ2n) is 4.45. The average Bonchev–Trinajstić information content (AvgIpc) is 2.71. The average molecular weight is 192 g/mol. The zero-order valence-corrected chi connectivity index (χ0v) is 9.16. The highest BCUT2D eigenvalue weighted by atomic mass is 14.9. The van der Waals surface area contributed by atoms with Crippen LogP contribution >= 0.6 is 0 Å². The molecule has 0 amide bonds. The summed E-state index contributed by atoms with van der Waals surface area (Å²) in [6.45, 7) is 7.79. The molecule has 0 bridgehead atoms. The van der Waals surface area contributed by atoms with E-state index in [2.05, 4.69) is 42.2 Å². The van der Waals surface area contributed by atoms with Crippen molar-refractivity contribution in [2.45, 2.75) is 33.4 Å². The second-order valence-corrected chi connectivity index (χ2v) is 4.45. The van der Waals surface area contributed by atoms with Gasteiger partial charge in [0.1, 0.15) is 0 Å². The maximum Gasteiger partial charge on any atom is 0.0220 e. The highest BCUT2D eigenvalue weighted by Crippen LogP contribution is 2.36. The van der Waals surface area contributed by atoms with E-state index in [9.17, 15) is 0 Å². The molecule has 2 heteroatoms. The molecule has 1 saturated carbocycles. The maximum absolute atomic E-state index is 3.52. The largest absolute Gasteiger partial charge is 0.354 e. The predicted octanol–water partition coefficient (Wildman–Crippen LogP) is 2.25. The number of hydrogen-bond donors (Lipinski definition) is 1. The van der Waals surface area contributed by atoms with Gasteiger partial charge in [0.15, 0.2) is 0 Å². The standard InChI is InChI=1S/C12H20N2/c1-3-14-5-4-11(9-14)7-13-8-12-6-10(12)2/h4-5,9-10,12-13H,3,6-8H2,1-2H3. The van der Waals surface area contributed by atoms with Gasteiger partial charge in [0.25, 0.3) is 0 Å². The molecule has 2 rings (SSSR count). The molecule has 1 fully saturated rings. The molecular formula is C12H20N2. The van der Waals surface area contributed by atoms with Crippen molar-refractivity contribution in [2.24, 2.45) is 11.8 Å². The predicted molar refractivity (Wildman–Crippen MR) is 59.1 cm³/mol. The van der Waals surface area contributed by atoms with Crippen LogP contribution in [0.3, 0.4) is 0 Å². The quantitative estimate of drug-likeness (QED) is 0.757. The number of nitrogens with zero attached hydrogens (tertiary/aromatic N) is 1. The molecule has 1 N–H and O–H groups in total. The van der Waals surface area contributed by atoms with Crippen LogP contribution in [0.1, 0.15) is 25.8 Å².